The van der Waals surface area contributed by atoms with Crippen LogP contribution in [-0.4, -0.2) is 50.1 Å². The van der Waals surface area contributed by atoms with Crippen LogP contribution in [0.2, 0.25) is 0 Å². The van der Waals surface area contributed by atoms with E-state index in [-0.39, 0.29) is 0 Å². The van der Waals surface area contributed by atoms with Crippen molar-refractivity contribution in [1.82, 2.24) is 10.6 Å². The van der Waals surface area contributed by atoms with Gasteiger partial charge in [-0.3, -0.25) is 9.59 Å². The quantitative estimate of drug-likeness (QED) is 0.577. The number of ether oxygens (including phenoxy) is 2. The van der Waals surface area contributed by atoms with E-state index in [1.807, 2.05) is 12.1 Å². The van der Waals surface area contributed by atoms with Crippen molar-refractivity contribution in [2.75, 3.05) is 14.2 Å². The van der Waals surface area contributed by atoms with Gasteiger partial charge in [0.05, 0.1) is 14.2 Å². The molecule has 0 aromatic heterocycles. The fourth-order valence-corrected chi connectivity index (χ4v) is 3.85. The van der Waals surface area contributed by atoms with Crippen molar-refractivity contribution in [2.45, 2.75) is 37.8 Å². The van der Waals surface area contributed by atoms with Crippen LogP contribution in [0.5, 0.6) is 0 Å². The minimum Gasteiger partial charge on any atom is -0.467 e. The summed E-state index contributed by atoms with van der Waals surface area (Å²) in [7, 11) is 2.45. The number of nitrogens with one attached hydrogen (secondary N) is 2. The van der Waals surface area contributed by atoms with E-state index in [0.29, 0.717) is 11.1 Å². The van der Waals surface area contributed by atoms with Gasteiger partial charge >= 0.3 is 11.9 Å². The number of amides is 2. The Morgan fingerprint density at radius 2 is 0.938 bits per heavy atom. The number of carbonyl (C=O) groups excluding carboxylic acids is 4. The molecule has 2 aromatic carbocycles. The molecule has 8 heteroatoms. The molecule has 4 atom stereocenters. The first-order valence-electron chi connectivity index (χ1n) is 10.1. The second kappa shape index (κ2) is 11.6. The number of hydrogen-bond acceptors (Lipinski definition) is 6. The lowest BCUT2D eigenvalue weighted by Gasteiger charge is -2.37. The van der Waals surface area contributed by atoms with Gasteiger partial charge in [-0.2, -0.15) is 0 Å². The fourth-order valence-electron chi connectivity index (χ4n) is 3.85. The summed E-state index contributed by atoms with van der Waals surface area (Å²) in [5, 5.41) is 5.33. The summed E-state index contributed by atoms with van der Waals surface area (Å²) in [5.74, 6) is -3.79. The zero-order valence-corrected chi connectivity index (χ0v) is 18.5. The minimum atomic E-state index is -1.13. The highest BCUT2D eigenvalue weighted by atomic mass is 16.5. The van der Waals surface area contributed by atoms with Crippen molar-refractivity contribution in [1.29, 1.82) is 0 Å². The highest BCUT2D eigenvalue weighted by molar-refractivity contribution is 5.86. The van der Waals surface area contributed by atoms with E-state index in [1.165, 1.54) is 28.1 Å². The lowest BCUT2D eigenvalue weighted by atomic mass is 9.73. The van der Waals surface area contributed by atoms with Crippen LogP contribution in [-0.2, 0) is 28.7 Å². The smallest absolute Gasteiger partial charge is 0.329 e. The molecular weight excluding hydrogens is 412 g/mol. The molecule has 0 saturated carbocycles. The van der Waals surface area contributed by atoms with Gasteiger partial charge in [-0.15, -0.1) is 0 Å². The van der Waals surface area contributed by atoms with Gasteiger partial charge in [0.25, 0.3) is 0 Å². The predicted octanol–water partition coefficient (Wildman–Crippen LogP) is 1.91. The van der Waals surface area contributed by atoms with Crippen LogP contribution < -0.4 is 10.6 Å². The molecule has 0 fully saturated rings. The highest BCUT2D eigenvalue weighted by Gasteiger charge is 2.44. The van der Waals surface area contributed by atoms with Gasteiger partial charge in [0.1, 0.15) is 12.1 Å². The fraction of sp³-hybridized carbons (Fsp3) is 0.333. The van der Waals surface area contributed by atoms with E-state index in [9.17, 15) is 19.2 Å². The maximum absolute atomic E-state index is 12.8. The van der Waals surface area contributed by atoms with Crippen molar-refractivity contribution in [2.24, 2.45) is 0 Å². The van der Waals surface area contributed by atoms with Crippen molar-refractivity contribution >= 4 is 23.8 Å². The molecule has 32 heavy (non-hydrogen) atoms. The number of esters is 2. The van der Waals surface area contributed by atoms with E-state index in [0.717, 1.165) is 0 Å². The zero-order valence-electron chi connectivity index (χ0n) is 18.5. The summed E-state index contributed by atoms with van der Waals surface area (Å²) >= 11 is 0. The average Bonchev–Trinajstić information content (AvgIpc) is 2.79. The molecule has 0 aliphatic heterocycles. The molecule has 0 aliphatic rings. The van der Waals surface area contributed by atoms with Crippen LogP contribution in [0.15, 0.2) is 60.7 Å². The van der Waals surface area contributed by atoms with Gasteiger partial charge in [0.15, 0.2) is 0 Å². The average molecular weight is 440 g/mol. The Morgan fingerprint density at radius 1 is 0.625 bits per heavy atom. The molecule has 4 unspecified atom stereocenters. The molecule has 2 N–H and O–H groups in total. The van der Waals surface area contributed by atoms with Gasteiger partial charge in [-0.25, -0.2) is 9.59 Å². The van der Waals surface area contributed by atoms with E-state index < -0.39 is 47.7 Å². The topological polar surface area (TPSA) is 111 Å². The van der Waals surface area contributed by atoms with Gasteiger partial charge < -0.3 is 20.1 Å². The van der Waals surface area contributed by atoms with Crippen LogP contribution in [0, 0.1) is 0 Å². The molecule has 170 valence electrons. The Labute approximate surface area is 187 Å². The van der Waals surface area contributed by atoms with Crippen LogP contribution in [0.25, 0.3) is 0 Å². The van der Waals surface area contributed by atoms with Crippen molar-refractivity contribution in [3.63, 3.8) is 0 Å². The second-order valence-electron chi connectivity index (χ2n) is 7.28. The molecule has 2 amide bonds. The molecule has 2 aromatic rings. The highest BCUT2D eigenvalue weighted by Crippen LogP contribution is 2.39. The van der Waals surface area contributed by atoms with E-state index in [2.05, 4.69) is 10.6 Å². The van der Waals surface area contributed by atoms with Crippen LogP contribution in [0.1, 0.15) is 36.8 Å². The van der Waals surface area contributed by atoms with Crippen molar-refractivity contribution in [3.8, 4) is 0 Å². The number of hydrogen-bond donors (Lipinski definition) is 2. The van der Waals surface area contributed by atoms with E-state index in [4.69, 9.17) is 9.47 Å². The third-order valence-corrected chi connectivity index (χ3v) is 5.10. The summed E-state index contributed by atoms with van der Waals surface area (Å²) in [4.78, 5) is 49.7. The maximum Gasteiger partial charge on any atom is 0.329 e. The van der Waals surface area contributed by atoms with E-state index >= 15 is 0 Å². The number of carbonyl (C=O) groups is 4. The first kappa shape index (κ1) is 24.6. The van der Waals surface area contributed by atoms with Crippen molar-refractivity contribution in [3.05, 3.63) is 71.8 Å². The third kappa shape index (κ3) is 6.16. The first-order chi connectivity index (χ1) is 15.3. The lowest BCUT2D eigenvalue weighted by molar-refractivity contribution is -0.148. The predicted molar refractivity (Wildman–Crippen MR) is 118 cm³/mol. The zero-order chi connectivity index (χ0) is 23.7. The molecule has 0 spiro atoms. The summed E-state index contributed by atoms with van der Waals surface area (Å²) in [6, 6.07) is 15.7. The number of methoxy groups -OCH3 is 2. The minimum absolute atomic E-state index is 0.442. The summed E-state index contributed by atoms with van der Waals surface area (Å²) in [6.45, 7) is 2.59. The third-order valence-electron chi connectivity index (χ3n) is 5.10. The van der Waals surface area contributed by atoms with E-state index in [1.54, 1.807) is 48.5 Å². The molecule has 0 heterocycles. The maximum atomic E-state index is 12.8. The largest absolute Gasteiger partial charge is 0.467 e. The number of rotatable bonds is 9. The van der Waals surface area contributed by atoms with Gasteiger partial charge in [-0.05, 0) is 11.1 Å². The number of benzene rings is 2. The first-order valence-corrected chi connectivity index (χ1v) is 10.1. The summed E-state index contributed by atoms with van der Waals surface area (Å²) < 4.78 is 9.98. The van der Waals surface area contributed by atoms with Gasteiger partial charge in [0, 0.05) is 25.7 Å². The Bertz CT molecular complexity index is 855. The van der Waals surface area contributed by atoms with Gasteiger partial charge in [0.2, 0.25) is 11.8 Å². The lowest BCUT2D eigenvalue weighted by Crippen LogP contribution is -2.53. The Kier molecular flexibility index (Phi) is 8.95. The molecule has 0 saturated heterocycles. The Balaban J connectivity index is 2.81. The monoisotopic (exact) mass is 440 g/mol. The molecule has 0 radical (unpaired) electrons. The molecule has 2 rings (SSSR count). The SMILES string of the molecule is COC(=O)C(NC(C)=O)C(c1ccccc1)C(c1ccccc1)C(NC(C)=O)C(=O)OC. The second-order valence-corrected chi connectivity index (χ2v) is 7.28. The summed E-state index contributed by atoms with van der Waals surface area (Å²) in [6.07, 6.45) is 0. The standard InChI is InChI=1S/C24H28N2O6/c1-15(27)25-21(23(29)31-3)19(17-11-7-5-8-12-17)20(18-13-9-6-10-14-18)22(24(30)32-4)26-16(2)28/h5-14,19-22H,1-4H3,(H,25,27)(H,26,28). The Morgan fingerprint density at radius 3 is 1.19 bits per heavy atom. The van der Waals surface area contributed by atoms with Crippen LogP contribution >= 0.6 is 0 Å². The van der Waals surface area contributed by atoms with Gasteiger partial charge in [-0.1, -0.05) is 60.7 Å². The van der Waals surface area contributed by atoms with Crippen LogP contribution in [0.4, 0.5) is 0 Å². The Hall–Kier alpha value is -3.68. The molecule has 0 aliphatic carbocycles. The molecule has 0 bridgehead atoms. The normalized spacial score (nSPS) is 14.2. The molecular formula is C24H28N2O6. The summed E-state index contributed by atoms with van der Waals surface area (Å²) in [5.41, 5.74) is 1.34. The van der Waals surface area contributed by atoms with Crippen LogP contribution in [0.3, 0.4) is 0 Å². The van der Waals surface area contributed by atoms with Crippen molar-refractivity contribution < 1.29 is 28.7 Å². The molecule has 8 nitrogen and oxygen atoms in total.